The molecule has 0 bridgehead atoms. The smallest absolute Gasteiger partial charge is 0.246 e. The van der Waals surface area contributed by atoms with Crippen LogP contribution in [0, 0.1) is 6.92 Å². The number of carbonyl (C=O) groups excluding carboxylic acids is 1. The highest BCUT2D eigenvalue weighted by molar-refractivity contribution is 5.92. The lowest BCUT2D eigenvalue weighted by Gasteiger charge is -1.89. The highest BCUT2D eigenvalue weighted by atomic mass is 16.2. The van der Waals surface area contributed by atoms with Crippen LogP contribution >= 0.6 is 0 Å². The molecule has 0 aromatic carbocycles. The van der Waals surface area contributed by atoms with Gasteiger partial charge in [-0.15, -0.1) is 10.2 Å². The molecule has 0 atom stereocenters. The first-order valence-corrected chi connectivity index (χ1v) is 2.97. The molecule has 1 N–H and O–H groups in total. The number of aryl methyl sites for hydroxylation is 1. The maximum Gasteiger partial charge on any atom is 0.246 e. The number of amides is 1. The Bertz CT molecular complexity index is 295. The van der Waals surface area contributed by atoms with Crippen LogP contribution < -0.4 is 5.32 Å². The quantitative estimate of drug-likeness (QED) is 0.542. The van der Waals surface area contributed by atoms with Gasteiger partial charge in [-0.2, -0.15) is 0 Å². The zero-order valence-electron chi connectivity index (χ0n) is 5.46. The normalized spacial score (nSPS) is 15.1. The molecule has 1 aliphatic heterocycles. The number of fused-ring (bicyclic) bond motifs is 1. The molecule has 1 aliphatic rings. The average Bonchev–Trinajstić information content (AvgIpc) is 2.35. The molecule has 0 radical (unpaired) electrons. The van der Waals surface area contributed by atoms with Crippen molar-refractivity contribution in [1.29, 1.82) is 0 Å². The molecule has 2 heterocycles. The molecule has 0 unspecified atom stereocenters. The van der Waals surface area contributed by atoms with Crippen LogP contribution in [0.4, 0.5) is 5.95 Å². The molecule has 2 rings (SSSR count). The number of nitrogens with one attached hydrogen (secondary N) is 1. The predicted octanol–water partition coefficient (Wildman–Crippen LogP) is -0.215. The summed E-state index contributed by atoms with van der Waals surface area (Å²) in [5.74, 6) is 1.31. The van der Waals surface area contributed by atoms with Crippen molar-refractivity contribution in [3.05, 3.63) is 5.82 Å². The lowest BCUT2D eigenvalue weighted by atomic mass is 10.6. The Morgan fingerprint density at radius 2 is 2.50 bits per heavy atom. The van der Waals surface area contributed by atoms with Crippen molar-refractivity contribution in [3.8, 4) is 0 Å². The summed E-state index contributed by atoms with van der Waals surface area (Å²) in [4.78, 5) is 10.7. The monoisotopic (exact) mass is 140 g/mol. The van der Waals surface area contributed by atoms with Crippen molar-refractivity contribution in [3.63, 3.8) is 0 Å². The third-order valence-electron chi connectivity index (χ3n) is 1.49. The second-order valence-electron chi connectivity index (χ2n) is 2.21. The Kier molecular flexibility index (Phi) is 0.841. The molecular weight excluding hydrogens is 132 g/mol. The minimum absolute atomic E-state index is 0. The summed E-state index contributed by atoms with van der Waals surface area (Å²) in [5.41, 5.74) is 0. The summed E-state index contributed by atoms with van der Waals surface area (Å²) in [6.45, 7) is 2.17. The minimum atomic E-state index is -0.0204. The predicted molar refractivity (Wildman–Crippen MR) is 35.5 cm³/mol. The molecule has 1 aromatic rings. The van der Waals surface area contributed by atoms with E-state index >= 15 is 0 Å². The largest absolute Gasteiger partial charge is 0.293 e. The Morgan fingerprint density at radius 1 is 1.70 bits per heavy atom. The second kappa shape index (κ2) is 1.56. The van der Waals surface area contributed by atoms with Gasteiger partial charge in [-0.05, 0) is 6.92 Å². The number of aromatic nitrogens is 3. The Morgan fingerprint density at radius 3 is 3.20 bits per heavy atom. The molecule has 54 valence electrons. The molecule has 0 aliphatic carbocycles. The first kappa shape index (κ1) is 5.40. The molecule has 0 saturated carbocycles. The van der Waals surface area contributed by atoms with Gasteiger partial charge in [0.15, 0.2) is 0 Å². The number of nitrogens with zero attached hydrogens (tertiary/aromatic N) is 3. The summed E-state index contributed by atoms with van der Waals surface area (Å²) in [6.07, 6.45) is 0. The molecular formula is C5H8N4O. The zero-order chi connectivity index (χ0) is 7.14. The summed E-state index contributed by atoms with van der Waals surface area (Å²) < 4.78 is 1.74. The SMILES string of the molecule is Cc1nnc2n1CC(=O)N2.[HH]. The highest BCUT2D eigenvalue weighted by Gasteiger charge is 2.20. The summed E-state index contributed by atoms with van der Waals surface area (Å²) in [6, 6.07) is 0. The van der Waals surface area contributed by atoms with Crippen LogP contribution in [0.2, 0.25) is 0 Å². The van der Waals surface area contributed by atoms with Gasteiger partial charge in [0, 0.05) is 1.43 Å². The summed E-state index contributed by atoms with van der Waals surface area (Å²) in [5, 5.41) is 10.1. The van der Waals surface area contributed by atoms with Gasteiger partial charge in [0.1, 0.15) is 12.4 Å². The van der Waals surface area contributed by atoms with Crippen molar-refractivity contribution in [2.75, 3.05) is 5.32 Å². The lowest BCUT2D eigenvalue weighted by molar-refractivity contribution is -0.115. The molecule has 0 spiro atoms. The third-order valence-corrected chi connectivity index (χ3v) is 1.49. The first-order valence-electron chi connectivity index (χ1n) is 2.97. The van der Waals surface area contributed by atoms with E-state index in [4.69, 9.17) is 0 Å². The summed E-state index contributed by atoms with van der Waals surface area (Å²) in [7, 11) is 0. The van der Waals surface area contributed by atoms with Gasteiger partial charge in [-0.25, -0.2) is 0 Å². The van der Waals surface area contributed by atoms with Gasteiger partial charge in [-0.3, -0.25) is 14.7 Å². The molecule has 10 heavy (non-hydrogen) atoms. The van der Waals surface area contributed by atoms with Crippen molar-refractivity contribution in [2.24, 2.45) is 0 Å². The summed E-state index contributed by atoms with van der Waals surface area (Å²) >= 11 is 0. The Hall–Kier alpha value is -1.39. The van der Waals surface area contributed by atoms with E-state index < -0.39 is 0 Å². The van der Waals surface area contributed by atoms with Crippen LogP contribution in [0.1, 0.15) is 7.25 Å². The van der Waals surface area contributed by atoms with Crippen LogP contribution in [0.3, 0.4) is 0 Å². The van der Waals surface area contributed by atoms with E-state index in [0.717, 1.165) is 5.82 Å². The van der Waals surface area contributed by atoms with Gasteiger partial charge in [0.2, 0.25) is 11.9 Å². The van der Waals surface area contributed by atoms with E-state index in [9.17, 15) is 4.79 Å². The fourth-order valence-corrected chi connectivity index (χ4v) is 0.971. The van der Waals surface area contributed by atoms with Gasteiger partial charge >= 0.3 is 0 Å². The Balaban J connectivity index is 0.000000605. The van der Waals surface area contributed by atoms with Crippen LogP contribution in [0.5, 0.6) is 0 Å². The maximum absolute atomic E-state index is 10.7. The molecule has 5 heteroatoms. The molecule has 0 fully saturated rings. The molecule has 0 saturated heterocycles. The Labute approximate surface area is 58.5 Å². The number of rotatable bonds is 0. The number of carbonyl (C=O) groups is 1. The van der Waals surface area contributed by atoms with Crippen LogP contribution in [-0.4, -0.2) is 20.7 Å². The van der Waals surface area contributed by atoms with Crippen molar-refractivity contribution in [1.82, 2.24) is 14.8 Å². The lowest BCUT2D eigenvalue weighted by Crippen LogP contribution is -2.07. The highest BCUT2D eigenvalue weighted by Crippen LogP contribution is 2.12. The number of hydrogen-bond donors (Lipinski definition) is 1. The maximum atomic E-state index is 10.7. The van der Waals surface area contributed by atoms with Gasteiger partial charge in [0.25, 0.3) is 0 Å². The molecule has 1 amide bonds. The van der Waals surface area contributed by atoms with Crippen LogP contribution in [0.25, 0.3) is 0 Å². The van der Waals surface area contributed by atoms with E-state index in [0.29, 0.717) is 12.5 Å². The second-order valence-corrected chi connectivity index (χ2v) is 2.21. The minimum Gasteiger partial charge on any atom is -0.293 e. The fraction of sp³-hybridized carbons (Fsp3) is 0.400. The van der Waals surface area contributed by atoms with Gasteiger partial charge < -0.3 is 0 Å². The van der Waals surface area contributed by atoms with Crippen molar-refractivity contribution >= 4 is 11.9 Å². The van der Waals surface area contributed by atoms with E-state index in [1.807, 2.05) is 6.92 Å². The van der Waals surface area contributed by atoms with E-state index in [1.54, 1.807) is 4.57 Å². The van der Waals surface area contributed by atoms with Gasteiger partial charge in [0.05, 0.1) is 0 Å². The van der Waals surface area contributed by atoms with Crippen molar-refractivity contribution in [2.45, 2.75) is 13.5 Å². The van der Waals surface area contributed by atoms with Gasteiger partial charge in [-0.1, -0.05) is 0 Å². The number of hydrogen-bond acceptors (Lipinski definition) is 3. The average molecular weight is 140 g/mol. The topological polar surface area (TPSA) is 59.8 Å². The van der Waals surface area contributed by atoms with Crippen LogP contribution in [0.15, 0.2) is 0 Å². The van der Waals surface area contributed by atoms with Crippen LogP contribution in [-0.2, 0) is 11.3 Å². The number of anilines is 1. The standard InChI is InChI=1S/C5H6N4O.H2/c1-3-7-8-5-6-4(10)2-9(3)5;/h2H2,1H3,(H,6,8,10);1H. The fourth-order valence-electron chi connectivity index (χ4n) is 0.971. The zero-order valence-corrected chi connectivity index (χ0v) is 5.46. The third kappa shape index (κ3) is 0.541. The molecule has 1 aromatic heterocycles. The van der Waals surface area contributed by atoms with Crippen molar-refractivity contribution < 1.29 is 6.22 Å². The van der Waals surface area contributed by atoms with E-state index in [2.05, 4.69) is 15.5 Å². The van der Waals surface area contributed by atoms with E-state index in [1.165, 1.54) is 0 Å². The van der Waals surface area contributed by atoms with E-state index in [-0.39, 0.29) is 7.33 Å². The first-order chi connectivity index (χ1) is 4.77. The molecule has 5 nitrogen and oxygen atoms in total.